The molecule has 1 fully saturated rings. The molecule has 1 N–H and O–H groups in total. The molecule has 0 amide bonds. The van der Waals surface area contributed by atoms with Crippen molar-refractivity contribution in [2.45, 2.75) is 19.4 Å². The second-order valence-electron chi connectivity index (χ2n) is 5.45. The predicted octanol–water partition coefficient (Wildman–Crippen LogP) is 3.08. The fourth-order valence-electron chi connectivity index (χ4n) is 2.73. The standard InChI is InChI=1S/C15H19BrN4O/c1-10-14(5-13(16)8-17-10)18-6-11-3-4-21-15(11)12-7-19-20(2)9-12/h5,7-9,11,15,18H,3-4,6H2,1-2H3/t11-,15+/m1/s1. The van der Waals surface area contributed by atoms with E-state index in [-0.39, 0.29) is 6.10 Å². The van der Waals surface area contributed by atoms with Crippen LogP contribution in [0.5, 0.6) is 0 Å². The van der Waals surface area contributed by atoms with Crippen LogP contribution in [0.4, 0.5) is 5.69 Å². The molecular formula is C15H19BrN4O. The number of aryl methyl sites for hydroxylation is 2. The third kappa shape index (κ3) is 3.27. The van der Waals surface area contributed by atoms with Crippen LogP contribution in [0.3, 0.4) is 0 Å². The molecule has 0 aromatic carbocycles. The molecule has 0 unspecified atom stereocenters. The Kier molecular flexibility index (Phi) is 4.26. The van der Waals surface area contributed by atoms with Gasteiger partial charge in [0.1, 0.15) is 0 Å². The molecular weight excluding hydrogens is 332 g/mol. The van der Waals surface area contributed by atoms with E-state index >= 15 is 0 Å². The van der Waals surface area contributed by atoms with Crippen LogP contribution in [0, 0.1) is 12.8 Å². The first-order valence-corrected chi connectivity index (χ1v) is 7.89. The van der Waals surface area contributed by atoms with E-state index in [0.29, 0.717) is 5.92 Å². The van der Waals surface area contributed by atoms with E-state index in [1.807, 2.05) is 37.2 Å². The summed E-state index contributed by atoms with van der Waals surface area (Å²) in [6, 6.07) is 2.07. The van der Waals surface area contributed by atoms with Crippen molar-refractivity contribution in [1.29, 1.82) is 0 Å². The van der Waals surface area contributed by atoms with Crippen molar-refractivity contribution in [2.24, 2.45) is 13.0 Å². The zero-order valence-electron chi connectivity index (χ0n) is 12.2. The van der Waals surface area contributed by atoms with Gasteiger partial charge in [-0.1, -0.05) is 0 Å². The monoisotopic (exact) mass is 350 g/mol. The van der Waals surface area contributed by atoms with Crippen molar-refractivity contribution < 1.29 is 4.74 Å². The number of aromatic nitrogens is 3. The Balaban J connectivity index is 1.68. The maximum atomic E-state index is 5.89. The van der Waals surface area contributed by atoms with Gasteiger partial charge in [-0.2, -0.15) is 5.10 Å². The molecule has 0 spiro atoms. The lowest BCUT2D eigenvalue weighted by molar-refractivity contribution is 0.0932. The molecule has 21 heavy (non-hydrogen) atoms. The van der Waals surface area contributed by atoms with Crippen LogP contribution in [0.15, 0.2) is 29.1 Å². The van der Waals surface area contributed by atoms with Gasteiger partial charge in [0.05, 0.1) is 23.7 Å². The van der Waals surface area contributed by atoms with E-state index in [4.69, 9.17) is 4.74 Å². The number of pyridine rings is 1. The maximum Gasteiger partial charge on any atom is 0.0901 e. The maximum absolute atomic E-state index is 5.89. The van der Waals surface area contributed by atoms with Gasteiger partial charge in [0.25, 0.3) is 0 Å². The zero-order valence-corrected chi connectivity index (χ0v) is 13.8. The molecule has 1 aliphatic heterocycles. The van der Waals surface area contributed by atoms with Gasteiger partial charge in [-0.05, 0) is 35.3 Å². The van der Waals surface area contributed by atoms with Crippen molar-refractivity contribution in [3.05, 3.63) is 40.4 Å². The van der Waals surface area contributed by atoms with Gasteiger partial charge < -0.3 is 10.1 Å². The Labute approximate surface area is 132 Å². The van der Waals surface area contributed by atoms with Crippen LogP contribution in [-0.2, 0) is 11.8 Å². The Morgan fingerprint density at radius 2 is 2.33 bits per heavy atom. The van der Waals surface area contributed by atoms with Crippen LogP contribution in [0.1, 0.15) is 23.8 Å². The van der Waals surface area contributed by atoms with E-state index in [9.17, 15) is 0 Å². The summed E-state index contributed by atoms with van der Waals surface area (Å²) < 4.78 is 8.70. The molecule has 0 saturated carbocycles. The lowest BCUT2D eigenvalue weighted by Crippen LogP contribution is -2.18. The average molecular weight is 351 g/mol. The summed E-state index contributed by atoms with van der Waals surface area (Å²) >= 11 is 3.46. The third-order valence-electron chi connectivity index (χ3n) is 3.88. The van der Waals surface area contributed by atoms with E-state index < -0.39 is 0 Å². The van der Waals surface area contributed by atoms with Crippen LogP contribution in [0.25, 0.3) is 0 Å². The first kappa shape index (κ1) is 14.5. The number of hydrogen-bond acceptors (Lipinski definition) is 4. The molecule has 1 aliphatic rings. The highest BCUT2D eigenvalue weighted by atomic mass is 79.9. The molecule has 3 rings (SSSR count). The SMILES string of the molecule is Cc1ncc(Br)cc1NC[C@H]1CCO[C@@H]1c1cnn(C)c1. The van der Waals surface area contributed by atoms with Gasteiger partial charge in [0, 0.05) is 48.5 Å². The normalized spacial score (nSPS) is 21.7. The molecule has 112 valence electrons. The fraction of sp³-hybridized carbons (Fsp3) is 0.467. The van der Waals surface area contributed by atoms with Gasteiger partial charge in [0.15, 0.2) is 0 Å². The molecule has 0 bridgehead atoms. The van der Waals surface area contributed by atoms with Crippen molar-refractivity contribution in [1.82, 2.24) is 14.8 Å². The van der Waals surface area contributed by atoms with Crippen molar-refractivity contribution >= 4 is 21.6 Å². The second-order valence-corrected chi connectivity index (χ2v) is 6.37. The Morgan fingerprint density at radius 1 is 1.48 bits per heavy atom. The van der Waals surface area contributed by atoms with Crippen LogP contribution < -0.4 is 5.32 Å². The molecule has 2 aromatic rings. The number of nitrogens with zero attached hydrogens (tertiary/aromatic N) is 3. The highest BCUT2D eigenvalue weighted by Crippen LogP contribution is 2.34. The molecule has 1 saturated heterocycles. The average Bonchev–Trinajstić information content (AvgIpc) is 3.08. The zero-order chi connectivity index (χ0) is 14.8. The molecule has 2 aromatic heterocycles. The predicted molar refractivity (Wildman–Crippen MR) is 85.2 cm³/mol. The summed E-state index contributed by atoms with van der Waals surface area (Å²) in [4.78, 5) is 4.35. The van der Waals surface area contributed by atoms with E-state index in [1.165, 1.54) is 0 Å². The minimum Gasteiger partial charge on any atom is -0.383 e. The molecule has 2 atom stereocenters. The Bertz CT molecular complexity index is 628. The molecule has 3 heterocycles. The van der Waals surface area contributed by atoms with Gasteiger partial charge in [-0.15, -0.1) is 0 Å². The quantitative estimate of drug-likeness (QED) is 0.920. The number of rotatable bonds is 4. The van der Waals surface area contributed by atoms with Gasteiger partial charge in [-0.25, -0.2) is 0 Å². The Hall–Kier alpha value is -1.40. The highest BCUT2D eigenvalue weighted by Gasteiger charge is 2.30. The first-order valence-electron chi connectivity index (χ1n) is 7.09. The fourth-order valence-corrected chi connectivity index (χ4v) is 3.06. The van der Waals surface area contributed by atoms with Crippen molar-refractivity contribution in [2.75, 3.05) is 18.5 Å². The van der Waals surface area contributed by atoms with Gasteiger partial charge in [-0.3, -0.25) is 9.67 Å². The second kappa shape index (κ2) is 6.15. The summed E-state index contributed by atoms with van der Waals surface area (Å²) in [6.45, 7) is 3.69. The van der Waals surface area contributed by atoms with Gasteiger partial charge >= 0.3 is 0 Å². The molecule has 0 radical (unpaired) electrons. The number of anilines is 1. The minimum atomic E-state index is 0.131. The summed E-state index contributed by atoms with van der Waals surface area (Å²) in [6.07, 6.45) is 6.95. The summed E-state index contributed by atoms with van der Waals surface area (Å²) in [5.41, 5.74) is 3.24. The molecule has 5 nitrogen and oxygen atoms in total. The summed E-state index contributed by atoms with van der Waals surface area (Å²) in [5.74, 6) is 0.451. The smallest absolute Gasteiger partial charge is 0.0901 e. The highest BCUT2D eigenvalue weighted by molar-refractivity contribution is 9.10. The lowest BCUT2D eigenvalue weighted by Gasteiger charge is -2.19. The van der Waals surface area contributed by atoms with Gasteiger partial charge in [0.2, 0.25) is 0 Å². The number of nitrogens with one attached hydrogen (secondary N) is 1. The van der Waals surface area contributed by atoms with E-state index in [2.05, 4.69) is 37.4 Å². The Morgan fingerprint density at radius 3 is 3.10 bits per heavy atom. The minimum absolute atomic E-state index is 0.131. The van der Waals surface area contributed by atoms with Crippen molar-refractivity contribution in [3.8, 4) is 0 Å². The first-order chi connectivity index (χ1) is 10.1. The topological polar surface area (TPSA) is 52.0 Å². The summed E-state index contributed by atoms with van der Waals surface area (Å²) in [5, 5.41) is 7.74. The van der Waals surface area contributed by atoms with E-state index in [0.717, 1.165) is 41.0 Å². The lowest BCUT2D eigenvalue weighted by atomic mass is 9.97. The third-order valence-corrected chi connectivity index (χ3v) is 4.31. The molecule has 0 aliphatic carbocycles. The number of ether oxygens (including phenoxy) is 1. The van der Waals surface area contributed by atoms with Crippen LogP contribution >= 0.6 is 15.9 Å². The number of halogens is 1. The van der Waals surface area contributed by atoms with E-state index in [1.54, 1.807) is 0 Å². The largest absolute Gasteiger partial charge is 0.383 e. The van der Waals surface area contributed by atoms with Crippen molar-refractivity contribution in [3.63, 3.8) is 0 Å². The summed E-state index contributed by atoms with van der Waals surface area (Å²) in [7, 11) is 1.93. The molecule has 6 heteroatoms. The van der Waals surface area contributed by atoms with Crippen LogP contribution in [-0.4, -0.2) is 27.9 Å². The van der Waals surface area contributed by atoms with Crippen LogP contribution in [0.2, 0.25) is 0 Å². The number of hydrogen-bond donors (Lipinski definition) is 1.